The van der Waals surface area contributed by atoms with Crippen LogP contribution in [0.1, 0.15) is 33.6 Å². The van der Waals surface area contributed by atoms with Crippen LogP contribution >= 0.6 is 0 Å². The van der Waals surface area contributed by atoms with Crippen molar-refractivity contribution in [2.24, 2.45) is 0 Å². The lowest BCUT2D eigenvalue weighted by Crippen LogP contribution is -2.44. The predicted octanol–water partition coefficient (Wildman–Crippen LogP) is 5.28. The Hall–Kier alpha value is -4.86. The number of hydrogen-bond donors (Lipinski definition) is 3. The minimum atomic E-state index is -0.250. The first kappa shape index (κ1) is 28.3. The molecule has 2 aromatic heterocycles. The second kappa shape index (κ2) is 12.6. The van der Waals surface area contributed by atoms with Crippen molar-refractivity contribution in [2.45, 2.75) is 12.8 Å². The van der Waals surface area contributed by atoms with Crippen molar-refractivity contribution in [1.29, 1.82) is 0 Å². The van der Waals surface area contributed by atoms with Gasteiger partial charge in [-0.2, -0.15) is 0 Å². The number of nitrogens with one attached hydrogen (secondary N) is 3. The van der Waals surface area contributed by atoms with Gasteiger partial charge in [0.2, 0.25) is 0 Å². The average molecular weight is 575 g/mol. The highest BCUT2D eigenvalue weighted by atomic mass is 16.1. The molecule has 3 aromatic carbocycles. The summed E-state index contributed by atoms with van der Waals surface area (Å²) in [5.74, 6) is -0.113. The summed E-state index contributed by atoms with van der Waals surface area (Å²) < 4.78 is 0. The van der Waals surface area contributed by atoms with Gasteiger partial charge in [0, 0.05) is 77.5 Å². The van der Waals surface area contributed by atoms with E-state index in [-0.39, 0.29) is 17.2 Å². The van der Waals surface area contributed by atoms with Gasteiger partial charge in [-0.15, -0.1) is 0 Å². The topological polar surface area (TPSA) is 110 Å². The van der Waals surface area contributed by atoms with Crippen LogP contribution < -0.4 is 16.2 Å². The van der Waals surface area contributed by atoms with Crippen LogP contribution in [0.25, 0.3) is 21.8 Å². The second-order valence-electron chi connectivity index (χ2n) is 11.0. The minimum absolute atomic E-state index is 0.0657. The van der Waals surface area contributed by atoms with Crippen LogP contribution in [0.3, 0.4) is 0 Å². The van der Waals surface area contributed by atoms with E-state index in [0.717, 1.165) is 55.9 Å². The van der Waals surface area contributed by atoms with E-state index in [9.17, 15) is 14.4 Å². The molecule has 5 aromatic rings. The van der Waals surface area contributed by atoms with E-state index in [1.165, 1.54) is 0 Å². The number of fused-ring (bicyclic) bond motifs is 3. The monoisotopic (exact) mass is 574 g/mol. The largest absolute Gasteiger partial charge is 0.355 e. The fourth-order valence-electron chi connectivity index (χ4n) is 5.50. The van der Waals surface area contributed by atoms with Gasteiger partial charge in [0.1, 0.15) is 5.65 Å². The van der Waals surface area contributed by atoms with Crippen molar-refractivity contribution in [3.8, 4) is 0 Å². The zero-order chi connectivity index (χ0) is 29.8. The van der Waals surface area contributed by atoms with E-state index >= 15 is 0 Å². The van der Waals surface area contributed by atoms with Crippen LogP contribution in [0.2, 0.25) is 0 Å². The molecule has 43 heavy (non-hydrogen) atoms. The number of amides is 1. The minimum Gasteiger partial charge on any atom is -0.355 e. The molecule has 0 radical (unpaired) electrons. The first-order chi connectivity index (χ1) is 20.9. The second-order valence-corrected chi connectivity index (χ2v) is 11.0. The molecule has 0 unspecified atom stereocenters. The molecule has 3 heterocycles. The zero-order valence-electron chi connectivity index (χ0n) is 24.1. The van der Waals surface area contributed by atoms with E-state index in [1.54, 1.807) is 30.5 Å². The number of anilines is 3. The van der Waals surface area contributed by atoms with Crippen molar-refractivity contribution in [3.05, 3.63) is 107 Å². The lowest BCUT2D eigenvalue weighted by molar-refractivity contribution is 0.0966. The summed E-state index contributed by atoms with van der Waals surface area (Å²) in [6, 6.07) is 23.6. The van der Waals surface area contributed by atoms with Gasteiger partial charge in [-0.1, -0.05) is 24.3 Å². The number of carbonyl (C=O) groups excluding carboxylic acids is 2. The Morgan fingerprint density at radius 1 is 0.860 bits per heavy atom. The fraction of sp³-hybridized carbons (Fsp3) is 0.235. The number of hydrogen-bond acceptors (Lipinski definition) is 7. The normalized spacial score (nSPS) is 14.2. The molecule has 9 nitrogen and oxygen atoms in total. The molecular weight excluding hydrogens is 540 g/mol. The number of nitrogens with zero attached hydrogens (tertiary/aromatic N) is 3. The van der Waals surface area contributed by atoms with E-state index in [4.69, 9.17) is 0 Å². The van der Waals surface area contributed by atoms with Crippen LogP contribution in [0.15, 0.2) is 89.9 Å². The van der Waals surface area contributed by atoms with Crippen LogP contribution in [0.4, 0.5) is 17.1 Å². The summed E-state index contributed by atoms with van der Waals surface area (Å²) in [6.45, 7) is 5.08. The van der Waals surface area contributed by atoms with Crippen LogP contribution in [-0.4, -0.2) is 71.2 Å². The number of carbonyl (C=O) groups is 2. The van der Waals surface area contributed by atoms with Crippen molar-refractivity contribution < 1.29 is 9.59 Å². The number of pyridine rings is 2. The molecule has 1 amide bonds. The number of H-pyrrole nitrogens is 1. The molecule has 3 N–H and O–H groups in total. The quantitative estimate of drug-likeness (QED) is 0.162. The summed E-state index contributed by atoms with van der Waals surface area (Å²) in [6.07, 6.45) is 2.89. The number of likely N-dealkylation sites (N-methyl/N-ethyl adjacent to an activating group) is 1. The molecule has 0 spiro atoms. The third kappa shape index (κ3) is 6.48. The van der Waals surface area contributed by atoms with Gasteiger partial charge in [0.05, 0.1) is 5.69 Å². The Balaban J connectivity index is 1.22. The summed E-state index contributed by atoms with van der Waals surface area (Å²) in [7, 11) is 2.14. The molecule has 6 rings (SSSR count). The number of ketones is 1. The van der Waals surface area contributed by atoms with Gasteiger partial charge in [-0.05, 0) is 74.6 Å². The Kier molecular flexibility index (Phi) is 8.26. The number of Topliss-reactive ketones (excluding diaryl/α,β-unsaturated/α-hetero) is 1. The zero-order valence-corrected chi connectivity index (χ0v) is 24.1. The highest BCUT2D eigenvalue weighted by Crippen LogP contribution is 2.31. The van der Waals surface area contributed by atoms with Crippen LogP contribution in [0.5, 0.6) is 0 Å². The van der Waals surface area contributed by atoms with Crippen LogP contribution in [0, 0.1) is 0 Å². The molecule has 1 aliphatic rings. The Bertz CT molecular complexity index is 1830. The molecule has 9 heteroatoms. The molecule has 1 fully saturated rings. The first-order valence-electron chi connectivity index (χ1n) is 14.6. The van der Waals surface area contributed by atoms with Crippen molar-refractivity contribution >= 4 is 50.6 Å². The SMILES string of the molecule is CN1CCN(CCCC(=O)c2ccc3c(=O)[nH]c4nccc(Nc5ccc(NC(=O)c6ccccc6)cc5)c4c3c2)CC1. The molecule has 1 aliphatic heterocycles. The van der Waals surface area contributed by atoms with Crippen molar-refractivity contribution in [2.75, 3.05) is 50.4 Å². The smallest absolute Gasteiger partial charge is 0.257 e. The highest BCUT2D eigenvalue weighted by Gasteiger charge is 2.16. The maximum absolute atomic E-state index is 13.2. The van der Waals surface area contributed by atoms with Gasteiger partial charge >= 0.3 is 0 Å². The standard InChI is InChI=1S/C34H34N6O3/c1-39-18-20-40(21-19-39)17-5-8-30(41)24-9-14-27-28(22-24)31-29(15-16-35-32(31)38-34(27)43)36-25-10-12-26(13-11-25)37-33(42)23-6-3-2-4-7-23/h2-4,6-7,9-16,22H,5,8,17-21H2,1H3,(H,37,42)(H2,35,36,38,43). The summed E-state index contributed by atoms with van der Waals surface area (Å²) >= 11 is 0. The molecule has 0 bridgehead atoms. The lowest BCUT2D eigenvalue weighted by Gasteiger charge is -2.32. The van der Waals surface area contributed by atoms with Crippen molar-refractivity contribution in [3.63, 3.8) is 0 Å². The van der Waals surface area contributed by atoms with E-state index in [0.29, 0.717) is 39.7 Å². The number of aromatic nitrogens is 2. The first-order valence-corrected chi connectivity index (χ1v) is 14.6. The molecule has 218 valence electrons. The summed E-state index contributed by atoms with van der Waals surface area (Å²) in [4.78, 5) is 50.6. The van der Waals surface area contributed by atoms with Gasteiger partial charge in [0.25, 0.3) is 11.5 Å². The van der Waals surface area contributed by atoms with Gasteiger partial charge in [-0.3, -0.25) is 14.4 Å². The number of piperazine rings is 1. The van der Waals surface area contributed by atoms with Gasteiger partial charge < -0.3 is 25.4 Å². The van der Waals surface area contributed by atoms with Gasteiger partial charge in [0.15, 0.2) is 5.78 Å². The number of rotatable bonds is 9. The summed E-state index contributed by atoms with van der Waals surface area (Å²) in [5.41, 5.74) is 3.57. The number of benzene rings is 3. The Labute approximate surface area is 249 Å². The maximum Gasteiger partial charge on any atom is 0.257 e. The number of aromatic amines is 1. The molecular formula is C34H34N6O3. The van der Waals surface area contributed by atoms with E-state index in [1.807, 2.05) is 54.6 Å². The molecule has 1 saturated heterocycles. The fourth-order valence-corrected chi connectivity index (χ4v) is 5.50. The van der Waals surface area contributed by atoms with Crippen molar-refractivity contribution in [1.82, 2.24) is 19.8 Å². The predicted molar refractivity (Wildman–Crippen MR) is 171 cm³/mol. The van der Waals surface area contributed by atoms with Gasteiger partial charge in [-0.25, -0.2) is 4.98 Å². The van der Waals surface area contributed by atoms with E-state index in [2.05, 4.69) is 37.4 Å². The summed E-state index contributed by atoms with van der Waals surface area (Å²) in [5, 5.41) is 8.23. The molecule has 0 saturated carbocycles. The third-order valence-electron chi connectivity index (χ3n) is 7.97. The van der Waals surface area contributed by atoms with Crippen LogP contribution in [-0.2, 0) is 0 Å². The Morgan fingerprint density at radius 3 is 2.37 bits per heavy atom. The molecule has 0 atom stereocenters. The third-order valence-corrected chi connectivity index (χ3v) is 7.97. The Morgan fingerprint density at radius 2 is 1.60 bits per heavy atom. The maximum atomic E-state index is 13.2. The highest BCUT2D eigenvalue weighted by molar-refractivity contribution is 6.13. The average Bonchev–Trinajstić information content (AvgIpc) is 3.03. The lowest BCUT2D eigenvalue weighted by atomic mass is 10.00. The van der Waals surface area contributed by atoms with E-state index < -0.39 is 0 Å². The molecule has 0 aliphatic carbocycles.